The molecule has 40 heavy (non-hydrogen) atoms. The summed E-state index contributed by atoms with van der Waals surface area (Å²) in [7, 11) is 0. The summed E-state index contributed by atoms with van der Waals surface area (Å²) in [5.74, 6) is 0. The second-order valence-electron chi connectivity index (χ2n) is 10.0. The second kappa shape index (κ2) is 8.73. The lowest BCUT2D eigenvalue weighted by Crippen LogP contribution is -1.93. The molecule has 0 amide bonds. The van der Waals surface area contributed by atoms with Gasteiger partial charge in [0, 0.05) is 32.7 Å². The van der Waals surface area contributed by atoms with Crippen molar-refractivity contribution in [2.45, 2.75) is 0 Å². The maximum Gasteiger partial charge on any atom is 0.136 e. The molecular weight excluding hydrogens is 490 g/mol. The number of nitrogens with zero attached hydrogens (tertiary/aromatic N) is 1. The molecule has 0 saturated heterocycles. The normalized spacial score (nSPS) is 11.5. The Balaban J connectivity index is 1.39. The quantitative estimate of drug-likeness (QED) is 0.237. The van der Waals surface area contributed by atoms with E-state index < -0.39 is 0 Å². The highest BCUT2D eigenvalue weighted by atomic mass is 16.3. The summed E-state index contributed by atoms with van der Waals surface area (Å²) in [4.78, 5) is 0. The summed E-state index contributed by atoms with van der Waals surface area (Å²) in [6.07, 6.45) is 0. The minimum atomic E-state index is 0.645. The van der Waals surface area contributed by atoms with Crippen LogP contribution in [0.5, 0.6) is 0 Å². The van der Waals surface area contributed by atoms with Crippen molar-refractivity contribution in [3.63, 3.8) is 0 Å². The van der Waals surface area contributed by atoms with Crippen LogP contribution in [-0.4, -0.2) is 0 Å². The molecule has 186 valence electrons. The average Bonchev–Trinajstić information content (AvgIpc) is 3.58. The van der Waals surface area contributed by atoms with Crippen LogP contribution in [0.4, 0.5) is 0 Å². The molecule has 2 heterocycles. The van der Waals surface area contributed by atoms with Crippen LogP contribution in [-0.2, 0) is 0 Å². The van der Waals surface area contributed by atoms with Gasteiger partial charge in [-0.25, -0.2) is 0 Å². The van der Waals surface area contributed by atoms with Crippen LogP contribution in [0.1, 0.15) is 5.56 Å². The fraction of sp³-hybridized carbons (Fsp3) is 0. The van der Waals surface area contributed by atoms with Crippen molar-refractivity contribution >= 4 is 43.9 Å². The summed E-state index contributed by atoms with van der Waals surface area (Å²) in [5, 5.41) is 14.8. The Morgan fingerprint density at radius 3 is 1.73 bits per heavy atom. The first-order valence-corrected chi connectivity index (χ1v) is 13.2. The van der Waals surface area contributed by atoms with Gasteiger partial charge in [0.15, 0.2) is 0 Å². The van der Waals surface area contributed by atoms with Crippen molar-refractivity contribution in [1.29, 1.82) is 5.26 Å². The van der Waals surface area contributed by atoms with E-state index in [1.807, 2.05) is 66.7 Å². The number of benzene rings is 6. The van der Waals surface area contributed by atoms with Crippen molar-refractivity contribution in [3.05, 3.63) is 133 Å². The highest BCUT2D eigenvalue weighted by Crippen LogP contribution is 2.40. The second-order valence-corrected chi connectivity index (χ2v) is 10.0. The number of hydrogen-bond donors (Lipinski definition) is 0. The van der Waals surface area contributed by atoms with Crippen LogP contribution < -0.4 is 0 Å². The number of fused-ring (bicyclic) bond motifs is 6. The first-order valence-electron chi connectivity index (χ1n) is 13.2. The standard InChI is InChI=1S/C37H21NO2/c38-22-33-30(23-8-2-1-3-9-23)19-26(24-14-16-29-27-10-4-6-12-34(27)40-37(29)21-24)20-31(33)25-15-17-36-32(18-25)28-11-5-7-13-35(28)39-36/h1-21H. The molecule has 0 aliphatic rings. The lowest BCUT2D eigenvalue weighted by Gasteiger charge is -2.14. The van der Waals surface area contributed by atoms with Gasteiger partial charge in [0.2, 0.25) is 0 Å². The van der Waals surface area contributed by atoms with Gasteiger partial charge in [-0.3, -0.25) is 0 Å². The first-order chi connectivity index (χ1) is 19.8. The molecular formula is C37H21NO2. The van der Waals surface area contributed by atoms with Crippen molar-refractivity contribution in [3.8, 4) is 39.4 Å². The fourth-order valence-electron chi connectivity index (χ4n) is 5.80. The van der Waals surface area contributed by atoms with Gasteiger partial charge in [-0.1, -0.05) is 78.9 Å². The van der Waals surface area contributed by atoms with E-state index in [-0.39, 0.29) is 0 Å². The third-order valence-electron chi connectivity index (χ3n) is 7.73. The van der Waals surface area contributed by atoms with E-state index in [0.717, 1.165) is 77.3 Å². The molecule has 0 saturated carbocycles. The van der Waals surface area contributed by atoms with Crippen LogP contribution in [0.25, 0.3) is 77.3 Å². The fourth-order valence-corrected chi connectivity index (χ4v) is 5.80. The van der Waals surface area contributed by atoms with Gasteiger partial charge in [0.25, 0.3) is 0 Å². The first kappa shape index (κ1) is 22.4. The molecule has 0 bridgehead atoms. The van der Waals surface area contributed by atoms with Crippen molar-refractivity contribution < 1.29 is 8.83 Å². The molecule has 3 nitrogen and oxygen atoms in total. The van der Waals surface area contributed by atoms with Crippen LogP contribution in [0, 0.1) is 11.3 Å². The maximum absolute atomic E-state index is 10.5. The van der Waals surface area contributed by atoms with Gasteiger partial charge >= 0.3 is 0 Å². The third-order valence-corrected chi connectivity index (χ3v) is 7.73. The number of rotatable bonds is 3. The van der Waals surface area contributed by atoms with Gasteiger partial charge in [0.1, 0.15) is 28.4 Å². The number of hydrogen-bond acceptors (Lipinski definition) is 3. The molecule has 0 N–H and O–H groups in total. The molecule has 2 aromatic heterocycles. The smallest absolute Gasteiger partial charge is 0.136 e. The Kier molecular flexibility index (Phi) is 4.89. The van der Waals surface area contributed by atoms with E-state index in [1.165, 1.54) is 0 Å². The van der Waals surface area contributed by atoms with Crippen molar-refractivity contribution in [2.24, 2.45) is 0 Å². The molecule has 0 aliphatic carbocycles. The van der Waals surface area contributed by atoms with Gasteiger partial charge in [0.05, 0.1) is 5.56 Å². The Bertz CT molecular complexity index is 2280. The van der Waals surface area contributed by atoms with Crippen LogP contribution >= 0.6 is 0 Å². The van der Waals surface area contributed by atoms with Crippen LogP contribution in [0.2, 0.25) is 0 Å². The van der Waals surface area contributed by atoms with Gasteiger partial charge in [-0.2, -0.15) is 5.26 Å². The van der Waals surface area contributed by atoms with E-state index in [2.05, 4.69) is 66.7 Å². The summed E-state index contributed by atoms with van der Waals surface area (Å²) in [6, 6.07) is 45.6. The van der Waals surface area contributed by atoms with Gasteiger partial charge in [-0.15, -0.1) is 0 Å². The monoisotopic (exact) mass is 511 g/mol. The summed E-state index contributed by atoms with van der Waals surface area (Å²) in [6.45, 7) is 0. The Labute approximate surface area is 230 Å². The highest BCUT2D eigenvalue weighted by molar-refractivity contribution is 6.07. The molecule has 0 unspecified atom stereocenters. The zero-order valence-electron chi connectivity index (χ0n) is 21.4. The molecule has 3 heteroatoms. The summed E-state index contributed by atoms with van der Waals surface area (Å²) < 4.78 is 12.3. The van der Waals surface area contributed by atoms with E-state index in [1.54, 1.807) is 0 Å². The van der Waals surface area contributed by atoms with Crippen LogP contribution in [0.15, 0.2) is 136 Å². The predicted molar refractivity (Wildman–Crippen MR) is 162 cm³/mol. The zero-order valence-corrected chi connectivity index (χ0v) is 21.4. The Morgan fingerprint density at radius 1 is 0.400 bits per heavy atom. The molecule has 8 aromatic rings. The average molecular weight is 512 g/mol. The molecule has 0 aliphatic heterocycles. The molecule has 8 rings (SSSR count). The lowest BCUT2D eigenvalue weighted by atomic mass is 9.88. The van der Waals surface area contributed by atoms with Gasteiger partial charge in [-0.05, 0) is 70.8 Å². The number of furan rings is 2. The third kappa shape index (κ3) is 3.44. The van der Waals surface area contributed by atoms with Crippen molar-refractivity contribution in [1.82, 2.24) is 0 Å². The topological polar surface area (TPSA) is 50.1 Å². The van der Waals surface area contributed by atoms with Crippen molar-refractivity contribution in [2.75, 3.05) is 0 Å². The molecule has 0 radical (unpaired) electrons. The SMILES string of the molecule is N#Cc1c(-c2ccccc2)cc(-c2ccc3c(c2)oc2ccccc23)cc1-c1ccc2oc3ccccc3c2c1. The Hall–Kier alpha value is -5.59. The predicted octanol–water partition coefficient (Wildman–Crippen LogP) is 10.4. The highest BCUT2D eigenvalue weighted by Gasteiger charge is 2.17. The molecule has 0 spiro atoms. The number of nitriles is 1. The van der Waals surface area contributed by atoms with Gasteiger partial charge < -0.3 is 8.83 Å². The van der Waals surface area contributed by atoms with E-state index >= 15 is 0 Å². The lowest BCUT2D eigenvalue weighted by molar-refractivity contribution is 0.668. The van der Waals surface area contributed by atoms with E-state index in [4.69, 9.17) is 8.83 Å². The molecule has 6 aromatic carbocycles. The minimum absolute atomic E-state index is 0.645. The number of para-hydroxylation sites is 2. The maximum atomic E-state index is 10.5. The zero-order chi connectivity index (χ0) is 26.6. The van der Waals surface area contributed by atoms with Crippen LogP contribution in [0.3, 0.4) is 0 Å². The molecule has 0 fully saturated rings. The summed E-state index contributed by atoms with van der Waals surface area (Å²) in [5.41, 5.74) is 9.86. The largest absolute Gasteiger partial charge is 0.456 e. The van der Waals surface area contributed by atoms with E-state index in [0.29, 0.717) is 5.56 Å². The minimum Gasteiger partial charge on any atom is -0.456 e. The Morgan fingerprint density at radius 2 is 0.975 bits per heavy atom. The summed E-state index contributed by atoms with van der Waals surface area (Å²) >= 11 is 0. The van der Waals surface area contributed by atoms with E-state index in [9.17, 15) is 5.26 Å². The molecule has 0 atom stereocenters.